The van der Waals surface area contributed by atoms with E-state index in [2.05, 4.69) is 76.2 Å². The van der Waals surface area contributed by atoms with Crippen LogP contribution in [0.25, 0.3) is 44.5 Å². The molecule has 0 fully saturated rings. The third kappa shape index (κ3) is 14.8. The van der Waals surface area contributed by atoms with Crippen molar-refractivity contribution in [3.05, 3.63) is 167 Å². The predicted molar refractivity (Wildman–Crippen MR) is 261 cm³/mol. The molecule has 0 saturated carbocycles. The smallest absolute Gasteiger partial charge is 0.166 e. The Morgan fingerprint density at radius 1 is 0.254 bits per heavy atom. The summed E-state index contributed by atoms with van der Waals surface area (Å²) in [4.78, 5) is 0. The summed E-state index contributed by atoms with van der Waals surface area (Å²) in [5, 5.41) is 0. The first-order valence-corrected chi connectivity index (χ1v) is 24.1. The molecule has 0 nitrogen and oxygen atoms in total. The fourth-order valence-corrected chi connectivity index (χ4v) is 8.24. The molecule has 0 aliphatic carbocycles. The lowest BCUT2D eigenvalue weighted by Crippen LogP contribution is -1.97. The van der Waals surface area contributed by atoms with E-state index in [1.807, 2.05) is 48.5 Å². The first-order valence-electron chi connectivity index (χ1n) is 24.1. The van der Waals surface area contributed by atoms with Gasteiger partial charge in [0, 0.05) is 11.1 Å². The molecule has 0 heterocycles. The van der Waals surface area contributed by atoms with E-state index in [1.165, 1.54) is 68.9 Å². The molecule has 4 heteroatoms. The molecule has 6 aromatic rings. The molecule has 6 rings (SSSR count). The molecule has 0 bridgehead atoms. The van der Waals surface area contributed by atoms with Crippen molar-refractivity contribution in [3.8, 4) is 44.5 Å². The van der Waals surface area contributed by atoms with Crippen LogP contribution in [0.3, 0.4) is 0 Å². The van der Waals surface area contributed by atoms with E-state index >= 15 is 0 Å². The van der Waals surface area contributed by atoms with Crippen molar-refractivity contribution in [2.45, 2.75) is 150 Å². The Bertz CT molecular complexity index is 2220. The van der Waals surface area contributed by atoms with E-state index in [0.717, 1.165) is 73.6 Å². The summed E-state index contributed by atoms with van der Waals surface area (Å²) in [7, 11) is 0. The minimum atomic E-state index is -0.742. The minimum absolute atomic E-state index is 0.325. The second-order valence-electron chi connectivity index (χ2n) is 17.2. The summed E-state index contributed by atoms with van der Waals surface area (Å²) in [6, 6.07) is 39.8. The molecule has 0 aromatic heterocycles. The van der Waals surface area contributed by atoms with Crippen LogP contribution in [-0.4, -0.2) is 0 Å². The van der Waals surface area contributed by atoms with Crippen LogP contribution < -0.4 is 0 Å². The number of aryl methyl sites for hydroxylation is 4. The molecule has 0 aliphatic rings. The van der Waals surface area contributed by atoms with Gasteiger partial charge in [-0.1, -0.05) is 220 Å². The zero-order valence-electron chi connectivity index (χ0n) is 38.5. The van der Waals surface area contributed by atoms with Gasteiger partial charge in [-0.3, -0.25) is 0 Å². The van der Waals surface area contributed by atoms with Gasteiger partial charge in [-0.15, -0.1) is 0 Å². The normalized spacial score (nSPS) is 11.1. The third-order valence-corrected chi connectivity index (χ3v) is 12.3. The maximum Gasteiger partial charge on any atom is 0.166 e. The Balaban J connectivity index is 0.000000238. The minimum Gasteiger partial charge on any atom is -0.203 e. The maximum absolute atomic E-state index is 14.7. The fraction of sp³-hybridized carbons (Fsp3) is 0.390. The lowest BCUT2D eigenvalue weighted by Gasteiger charge is -2.10. The van der Waals surface area contributed by atoms with Crippen molar-refractivity contribution in [1.82, 2.24) is 0 Å². The van der Waals surface area contributed by atoms with Crippen LogP contribution in [0.1, 0.15) is 146 Å². The molecule has 0 unspecified atom stereocenters. The van der Waals surface area contributed by atoms with Gasteiger partial charge in [0.1, 0.15) is 0 Å². The van der Waals surface area contributed by atoms with Gasteiger partial charge in [0.15, 0.2) is 23.3 Å². The highest BCUT2D eigenvalue weighted by atomic mass is 19.2. The number of unbranched alkanes of at least 4 members (excludes halogenated alkanes) is 11. The largest absolute Gasteiger partial charge is 0.203 e. The number of halogens is 4. The standard InChI is InChI=1S/C30H36F2.C29H34F2/c1-3-5-7-8-10-11-23-13-15-24(16-14-23)25-17-19-26(20-18-25)28-22-21-27(12-9-6-4-2)29(31)30(28)32;1-3-5-7-9-10-22-12-14-23(15-13-22)24-16-18-25(19-17-24)27-21-20-26(11-8-6-4-2)28(30)29(27)31/h13-22H,3-12H2,1-2H3;12-21H,3-11H2,1-2H3. The van der Waals surface area contributed by atoms with Crippen molar-refractivity contribution in [2.75, 3.05) is 0 Å². The highest BCUT2D eigenvalue weighted by Gasteiger charge is 2.16. The van der Waals surface area contributed by atoms with Crippen LogP contribution >= 0.6 is 0 Å². The van der Waals surface area contributed by atoms with Crippen molar-refractivity contribution in [1.29, 1.82) is 0 Å². The molecule has 0 saturated heterocycles. The summed E-state index contributed by atoms with van der Waals surface area (Å²) in [6.45, 7) is 8.68. The Morgan fingerprint density at radius 3 is 0.873 bits per heavy atom. The van der Waals surface area contributed by atoms with Crippen molar-refractivity contribution >= 4 is 0 Å². The summed E-state index contributed by atoms with van der Waals surface area (Å²) < 4.78 is 58.5. The van der Waals surface area contributed by atoms with Crippen LogP contribution in [-0.2, 0) is 25.7 Å². The van der Waals surface area contributed by atoms with E-state index in [1.54, 1.807) is 24.3 Å². The SMILES string of the molecule is CCCCCCCc1ccc(-c2ccc(-c3ccc(CCCCC)c(F)c3F)cc2)cc1.CCCCCCc1ccc(-c2ccc(-c3ccc(CCCCC)c(F)c3F)cc2)cc1. The van der Waals surface area contributed by atoms with Gasteiger partial charge in [0.2, 0.25) is 0 Å². The first-order chi connectivity index (χ1) is 30.8. The third-order valence-electron chi connectivity index (χ3n) is 12.3. The van der Waals surface area contributed by atoms with E-state index in [0.29, 0.717) is 46.2 Å². The van der Waals surface area contributed by atoms with Gasteiger partial charge in [0.05, 0.1) is 0 Å². The van der Waals surface area contributed by atoms with Crippen molar-refractivity contribution < 1.29 is 17.6 Å². The quantitative estimate of drug-likeness (QED) is 0.0445. The zero-order chi connectivity index (χ0) is 44.8. The number of hydrogen-bond donors (Lipinski definition) is 0. The van der Waals surface area contributed by atoms with E-state index < -0.39 is 23.3 Å². The monoisotopic (exact) mass is 855 g/mol. The Labute approximate surface area is 377 Å². The van der Waals surface area contributed by atoms with E-state index in [-0.39, 0.29) is 0 Å². The second kappa shape index (κ2) is 26.6. The molecule has 0 amide bonds. The number of rotatable bonds is 23. The van der Waals surface area contributed by atoms with Gasteiger partial charge >= 0.3 is 0 Å². The lowest BCUT2D eigenvalue weighted by molar-refractivity contribution is 0.498. The highest BCUT2D eigenvalue weighted by Crippen LogP contribution is 2.32. The van der Waals surface area contributed by atoms with Gasteiger partial charge in [-0.25, -0.2) is 17.6 Å². The average molecular weight is 855 g/mol. The van der Waals surface area contributed by atoms with E-state index in [4.69, 9.17) is 0 Å². The second-order valence-corrected chi connectivity index (χ2v) is 17.2. The molecule has 6 aromatic carbocycles. The Morgan fingerprint density at radius 2 is 0.524 bits per heavy atom. The van der Waals surface area contributed by atoms with E-state index in [9.17, 15) is 17.6 Å². The molecule has 0 spiro atoms. The molecule has 63 heavy (non-hydrogen) atoms. The Kier molecular flexibility index (Phi) is 20.7. The molecular weight excluding hydrogens is 785 g/mol. The van der Waals surface area contributed by atoms with Crippen molar-refractivity contribution in [2.24, 2.45) is 0 Å². The van der Waals surface area contributed by atoms with Gasteiger partial charge in [0.25, 0.3) is 0 Å². The molecule has 0 atom stereocenters. The zero-order valence-corrected chi connectivity index (χ0v) is 38.5. The first kappa shape index (κ1) is 49.1. The van der Waals surface area contributed by atoms with Crippen molar-refractivity contribution in [3.63, 3.8) is 0 Å². The molecule has 0 N–H and O–H groups in total. The van der Waals surface area contributed by atoms with Crippen LogP contribution in [0.5, 0.6) is 0 Å². The lowest BCUT2D eigenvalue weighted by atomic mass is 9.97. The summed E-state index contributed by atoms with van der Waals surface area (Å²) >= 11 is 0. The summed E-state index contributed by atoms with van der Waals surface area (Å²) in [6.07, 6.45) is 21.0. The summed E-state index contributed by atoms with van der Waals surface area (Å²) in [5.41, 5.74) is 10.2. The molecule has 334 valence electrons. The van der Waals surface area contributed by atoms with Crippen LogP contribution in [0.4, 0.5) is 17.6 Å². The fourth-order valence-electron chi connectivity index (χ4n) is 8.24. The van der Waals surface area contributed by atoms with Crippen LogP contribution in [0, 0.1) is 23.3 Å². The molecular formula is C59H70F4. The molecule has 0 radical (unpaired) electrons. The summed E-state index contributed by atoms with van der Waals surface area (Å²) in [5.74, 6) is -2.88. The average Bonchev–Trinajstić information content (AvgIpc) is 3.31. The van der Waals surface area contributed by atoms with Gasteiger partial charge < -0.3 is 0 Å². The van der Waals surface area contributed by atoms with Gasteiger partial charge in [-0.2, -0.15) is 0 Å². The molecule has 0 aliphatic heterocycles. The van der Waals surface area contributed by atoms with Gasteiger partial charge in [-0.05, 0) is 107 Å². The van der Waals surface area contributed by atoms with Crippen LogP contribution in [0.15, 0.2) is 121 Å². The van der Waals surface area contributed by atoms with Crippen LogP contribution in [0.2, 0.25) is 0 Å². The maximum atomic E-state index is 14.7. The highest BCUT2D eigenvalue weighted by molar-refractivity contribution is 5.72. The Hall–Kier alpha value is -4.96. The number of benzene rings is 6. The number of hydrogen-bond acceptors (Lipinski definition) is 0. The topological polar surface area (TPSA) is 0 Å². The predicted octanol–water partition coefficient (Wildman–Crippen LogP) is 18.7.